The van der Waals surface area contributed by atoms with Crippen LogP contribution in [0.1, 0.15) is 18.4 Å². The van der Waals surface area contributed by atoms with Crippen LogP contribution in [0.2, 0.25) is 0 Å². The van der Waals surface area contributed by atoms with Gasteiger partial charge in [0, 0.05) is 19.8 Å². The van der Waals surface area contributed by atoms with E-state index in [2.05, 4.69) is 17.6 Å². The van der Waals surface area contributed by atoms with Crippen LogP contribution in [-0.4, -0.2) is 19.8 Å². The van der Waals surface area contributed by atoms with Gasteiger partial charge in [0.1, 0.15) is 0 Å². The van der Waals surface area contributed by atoms with E-state index in [1.165, 1.54) is 5.56 Å². The second-order valence-electron chi connectivity index (χ2n) is 4.18. The van der Waals surface area contributed by atoms with Crippen molar-refractivity contribution < 1.29 is 9.57 Å². The Hall–Kier alpha value is -0.900. The van der Waals surface area contributed by atoms with Gasteiger partial charge >= 0.3 is 0 Å². The largest absolute Gasteiger partial charge is 0.381 e. The summed E-state index contributed by atoms with van der Waals surface area (Å²) >= 11 is 0. The van der Waals surface area contributed by atoms with Gasteiger partial charge in [0.05, 0.1) is 6.61 Å². The van der Waals surface area contributed by atoms with Crippen molar-refractivity contribution in [3.63, 3.8) is 0 Å². The summed E-state index contributed by atoms with van der Waals surface area (Å²) in [7, 11) is 0. The molecule has 1 aliphatic heterocycles. The van der Waals surface area contributed by atoms with Gasteiger partial charge in [0.25, 0.3) is 0 Å². The highest BCUT2D eigenvalue weighted by molar-refractivity contribution is 5.13. The molecule has 1 aromatic rings. The summed E-state index contributed by atoms with van der Waals surface area (Å²) in [4.78, 5) is 5.43. The molecule has 0 radical (unpaired) electrons. The Kier molecular flexibility index (Phi) is 4.80. The summed E-state index contributed by atoms with van der Waals surface area (Å²) in [5.74, 6) is 0.699. The van der Waals surface area contributed by atoms with Crippen molar-refractivity contribution in [2.24, 2.45) is 5.92 Å². The Morgan fingerprint density at radius 1 is 1.19 bits per heavy atom. The minimum atomic E-state index is 0.629. The SMILES string of the molecule is c1ccc(CONCC2CCOCC2)cc1. The van der Waals surface area contributed by atoms with Gasteiger partial charge in [-0.25, -0.2) is 5.48 Å². The smallest absolute Gasteiger partial charge is 0.0933 e. The zero-order valence-corrected chi connectivity index (χ0v) is 9.52. The van der Waals surface area contributed by atoms with Crippen molar-refractivity contribution >= 4 is 0 Å². The van der Waals surface area contributed by atoms with E-state index in [9.17, 15) is 0 Å². The summed E-state index contributed by atoms with van der Waals surface area (Å²) in [6.45, 7) is 3.34. The third-order valence-corrected chi connectivity index (χ3v) is 2.90. The van der Waals surface area contributed by atoms with Crippen LogP contribution >= 0.6 is 0 Å². The highest BCUT2D eigenvalue weighted by Gasteiger charge is 2.12. The van der Waals surface area contributed by atoms with Crippen LogP contribution in [0.5, 0.6) is 0 Å². The second kappa shape index (κ2) is 6.63. The van der Waals surface area contributed by atoms with E-state index in [1.807, 2.05) is 18.2 Å². The highest BCUT2D eigenvalue weighted by Crippen LogP contribution is 2.13. The fourth-order valence-corrected chi connectivity index (χ4v) is 1.84. The number of nitrogens with one attached hydrogen (secondary N) is 1. The van der Waals surface area contributed by atoms with Gasteiger partial charge in [0.2, 0.25) is 0 Å². The number of hydroxylamine groups is 1. The van der Waals surface area contributed by atoms with E-state index in [0.717, 1.165) is 32.6 Å². The standard InChI is InChI=1S/C13H19NO2/c1-2-4-13(5-3-1)11-16-14-10-12-6-8-15-9-7-12/h1-5,12,14H,6-11H2. The maximum atomic E-state index is 5.43. The normalized spacial score (nSPS) is 17.5. The molecule has 88 valence electrons. The zero-order chi connectivity index (χ0) is 11.1. The molecule has 1 N–H and O–H groups in total. The Morgan fingerprint density at radius 2 is 1.94 bits per heavy atom. The van der Waals surface area contributed by atoms with Gasteiger partial charge < -0.3 is 4.74 Å². The maximum absolute atomic E-state index is 5.43. The monoisotopic (exact) mass is 221 g/mol. The molecule has 3 nitrogen and oxygen atoms in total. The molecule has 3 heteroatoms. The lowest BCUT2D eigenvalue weighted by atomic mass is 10.0. The van der Waals surface area contributed by atoms with Crippen LogP contribution in [0, 0.1) is 5.92 Å². The lowest BCUT2D eigenvalue weighted by Gasteiger charge is -2.21. The van der Waals surface area contributed by atoms with E-state index < -0.39 is 0 Å². The van der Waals surface area contributed by atoms with Crippen LogP contribution in [0.4, 0.5) is 0 Å². The molecule has 0 bridgehead atoms. The molecule has 0 aromatic heterocycles. The number of rotatable bonds is 5. The molecule has 1 saturated heterocycles. The van der Waals surface area contributed by atoms with Gasteiger partial charge in [-0.05, 0) is 24.3 Å². The fraction of sp³-hybridized carbons (Fsp3) is 0.538. The number of hydrogen-bond acceptors (Lipinski definition) is 3. The molecule has 1 aliphatic rings. The van der Waals surface area contributed by atoms with E-state index in [4.69, 9.17) is 9.57 Å². The molecule has 16 heavy (non-hydrogen) atoms. The Morgan fingerprint density at radius 3 is 2.69 bits per heavy atom. The van der Waals surface area contributed by atoms with Gasteiger partial charge in [-0.2, -0.15) is 0 Å². The molecule has 0 unspecified atom stereocenters. The minimum Gasteiger partial charge on any atom is -0.381 e. The molecule has 1 heterocycles. The van der Waals surface area contributed by atoms with Crippen molar-refractivity contribution in [2.75, 3.05) is 19.8 Å². The summed E-state index contributed by atoms with van der Waals surface area (Å²) < 4.78 is 5.31. The lowest BCUT2D eigenvalue weighted by Crippen LogP contribution is -2.27. The average molecular weight is 221 g/mol. The Labute approximate surface area is 96.7 Å². The predicted molar refractivity (Wildman–Crippen MR) is 62.8 cm³/mol. The first-order valence-corrected chi connectivity index (χ1v) is 5.91. The van der Waals surface area contributed by atoms with E-state index in [0.29, 0.717) is 12.5 Å². The summed E-state index contributed by atoms with van der Waals surface area (Å²) in [6, 6.07) is 10.2. The molecular weight excluding hydrogens is 202 g/mol. The summed E-state index contributed by atoms with van der Waals surface area (Å²) in [5, 5.41) is 0. The van der Waals surface area contributed by atoms with Gasteiger partial charge in [-0.15, -0.1) is 0 Å². The zero-order valence-electron chi connectivity index (χ0n) is 9.52. The molecule has 0 aliphatic carbocycles. The van der Waals surface area contributed by atoms with Crippen molar-refractivity contribution in [3.05, 3.63) is 35.9 Å². The van der Waals surface area contributed by atoms with Crippen LogP contribution in [0.25, 0.3) is 0 Å². The number of ether oxygens (including phenoxy) is 1. The molecule has 1 fully saturated rings. The highest BCUT2D eigenvalue weighted by atomic mass is 16.6. The molecule has 1 aromatic carbocycles. The first-order chi connectivity index (χ1) is 7.95. The third kappa shape index (κ3) is 3.93. The van der Waals surface area contributed by atoms with E-state index in [-0.39, 0.29) is 0 Å². The lowest BCUT2D eigenvalue weighted by molar-refractivity contribution is 0.000759. The maximum Gasteiger partial charge on any atom is 0.0933 e. The van der Waals surface area contributed by atoms with E-state index >= 15 is 0 Å². The van der Waals surface area contributed by atoms with Crippen molar-refractivity contribution in [3.8, 4) is 0 Å². The third-order valence-electron chi connectivity index (χ3n) is 2.90. The Bertz CT molecular complexity index is 283. The van der Waals surface area contributed by atoms with Crippen LogP contribution in [0.3, 0.4) is 0 Å². The minimum absolute atomic E-state index is 0.629. The van der Waals surface area contributed by atoms with Crippen LogP contribution < -0.4 is 5.48 Å². The van der Waals surface area contributed by atoms with Crippen LogP contribution in [-0.2, 0) is 16.2 Å². The van der Waals surface area contributed by atoms with Crippen LogP contribution in [0.15, 0.2) is 30.3 Å². The average Bonchev–Trinajstić information content (AvgIpc) is 2.37. The first kappa shape index (κ1) is 11.6. The first-order valence-electron chi connectivity index (χ1n) is 5.91. The van der Waals surface area contributed by atoms with E-state index in [1.54, 1.807) is 0 Å². The summed E-state index contributed by atoms with van der Waals surface area (Å²) in [6.07, 6.45) is 2.28. The van der Waals surface area contributed by atoms with Gasteiger partial charge in [0.15, 0.2) is 0 Å². The van der Waals surface area contributed by atoms with Crippen molar-refractivity contribution in [1.29, 1.82) is 0 Å². The molecule has 0 spiro atoms. The second-order valence-corrected chi connectivity index (χ2v) is 4.18. The molecule has 2 rings (SSSR count). The number of benzene rings is 1. The molecule has 0 atom stereocenters. The Balaban J connectivity index is 1.58. The predicted octanol–water partition coefficient (Wildman–Crippen LogP) is 2.13. The van der Waals surface area contributed by atoms with Gasteiger partial charge in [-0.3, -0.25) is 4.84 Å². The molecular formula is C13H19NO2. The quantitative estimate of drug-likeness (QED) is 0.610. The fourth-order valence-electron chi connectivity index (χ4n) is 1.84. The number of hydrogen-bond donors (Lipinski definition) is 1. The van der Waals surface area contributed by atoms with Crippen molar-refractivity contribution in [2.45, 2.75) is 19.4 Å². The molecule has 0 amide bonds. The van der Waals surface area contributed by atoms with Gasteiger partial charge in [-0.1, -0.05) is 30.3 Å². The topological polar surface area (TPSA) is 30.5 Å². The van der Waals surface area contributed by atoms with Crippen molar-refractivity contribution in [1.82, 2.24) is 5.48 Å². The molecule has 0 saturated carbocycles. The summed E-state index contributed by atoms with van der Waals surface area (Å²) in [5.41, 5.74) is 4.24.